The third-order valence-corrected chi connectivity index (χ3v) is 5.61. The first kappa shape index (κ1) is 20.3. The van der Waals surface area contributed by atoms with Crippen molar-refractivity contribution in [2.45, 2.75) is 51.3 Å². The predicted molar refractivity (Wildman–Crippen MR) is 102 cm³/mol. The summed E-state index contributed by atoms with van der Waals surface area (Å²) in [5, 5.41) is 2.16. The second-order valence-electron chi connectivity index (χ2n) is 7.71. The number of halogens is 3. The van der Waals surface area contributed by atoms with E-state index < -0.39 is 29.8 Å². The number of rotatable bonds is 3. The quantitative estimate of drug-likeness (QED) is 0.746. The summed E-state index contributed by atoms with van der Waals surface area (Å²) in [6.07, 6.45) is -3.68. The first-order valence-corrected chi connectivity index (χ1v) is 9.64. The molecule has 1 fully saturated rings. The maximum Gasteiger partial charge on any atom is 0.416 e. The van der Waals surface area contributed by atoms with E-state index in [9.17, 15) is 22.8 Å². The van der Waals surface area contributed by atoms with Crippen LogP contribution in [0.4, 0.5) is 18.0 Å². The highest BCUT2D eigenvalue weighted by molar-refractivity contribution is 6.00. The summed E-state index contributed by atoms with van der Waals surface area (Å²) in [7, 11) is 0. The van der Waals surface area contributed by atoms with Crippen molar-refractivity contribution < 1.29 is 32.2 Å². The van der Waals surface area contributed by atoms with Crippen LogP contribution in [0.15, 0.2) is 30.3 Å². The molecule has 2 atom stereocenters. The van der Waals surface area contributed by atoms with Crippen molar-refractivity contribution in [1.29, 1.82) is 0 Å². The second kappa shape index (κ2) is 7.34. The molecule has 1 aliphatic heterocycles. The van der Waals surface area contributed by atoms with Crippen LogP contribution in [0.5, 0.6) is 11.5 Å². The fraction of sp³-hybridized carbons (Fsp3) is 0.364. The molecule has 1 saturated heterocycles. The number of fused-ring (bicyclic) bond motifs is 1. The average molecular weight is 419 g/mol. The molecule has 5 nitrogen and oxygen atoms in total. The van der Waals surface area contributed by atoms with E-state index in [0.29, 0.717) is 17.1 Å². The van der Waals surface area contributed by atoms with E-state index in [4.69, 9.17) is 9.47 Å². The molecular formula is C22H20F3NO4. The van der Waals surface area contributed by atoms with Crippen molar-refractivity contribution in [2.75, 3.05) is 0 Å². The molecule has 1 aliphatic carbocycles. The lowest BCUT2D eigenvalue weighted by molar-refractivity contribution is -0.138. The van der Waals surface area contributed by atoms with Crippen molar-refractivity contribution in [3.8, 4) is 11.5 Å². The molecule has 2 aromatic carbocycles. The first-order chi connectivity index (χ1) is 14.1. The molecule has 0 radical (unpaired) electrons. The minimum atomic E-state index is -4.41. The van der Waals surface area contributed by atoms with Gasteiger partial charge in [0.05, 0.1) is 5.56 Å². The molecule has 0 saturated carbocycles. The Morgan fingerprint density at radius 1 is 1.10 bits per heavy atom. The number of imide groups is 1. The van der Waals surface area contributed by atoms with Gasteiger partial charge in [-0.05, 0) is 79.6 Å². The van der Waals surface area contributed by atoms with E-state index in [1.807, 2.05) is 12.1 Å². The third kappa shape index (κ3) is 3.74. The number of alkyl halides is 3. The molecule has 2 aliphatic rings. The van der Waals surface area contributed by atoms with Gasteiger partial charge in [0.25, 0.3) is 5.91 Å². The fourth-order valence-corrected chi connectivity index (χ4v) is 4.17. The SMILES string of the molecule is Cc1cc(C(F)(F)F)c(C)cc1Oc1ccc2c(c1)CCC[C@H]2C1OC(=O)NC1=O. The van der Waals surface area contributed by atoms with Gasteiger partial charge >= 0.3 is 12.3 Å². The van der Waals surface area contributed by atoms with E-state index in [0.717, 1.165) is 36.5 Å². The Kier molecular flexibility index (Phi) is 4.95. The number of ether oxygens (including phenoxy) is 2. The second-order valence-corrected chi connectivity index (χ2v) is 7.71. The maximum atomic E-state index is 13.1. The highest BCUT2D eigenvalue weighted by atomic mass is 19.4. The van der Waals surface area contributed by atoms with Crippen LogP contribution in [0.25, 0.3) is 0 Å². The van der Waals surface area contributed by atoms with E-state index in [1.54, 1.807) is 13.0 Å². The number of benzene rings is 2. The van der Waals surface area contributed by atoms with E-state index in [2.05, 4.69) is 5.32 Å². The Hall–Kier alpha value is -3.03. The van der Waals surface area contributed by atoms with Gasteiger partial charge in [0.1, 0.15) is 11.5 Å². The summed E-state index contributed by atoms with van der Waals surface area (Å²) in [5.41, 5.74) is 1.70. The van der Waals surface area contributed by atoms with Crippen molar-refractivity contribution in [3.05, 3.63) is 58.1 Å². The highest BCUT2D eigenvalue weighted by Gasteiger charge is 2.41. The van der Waals surface area contributed by atoms with Gasteiger partial charge in [-0.3, -0.25) is 10.1 Å². The normalized spacial score (nSPS) is 21.1. The number of aryl methyl sites for hydroxylation is 3. The van der Waals surface area contributed by atoms with Crippen molar-refractivity contribution >= 4 is 12.0 Å². The Labute approximate surface area is 171 Å². The number of carbonyl (C=O) groups excluding carboxylic acids is 2. The van der Waals surface area contributed by atoms with E-state index >= 15 is 0 Å². The zero-order valence-electron chi connectivity index (χ0n) is 16.4. The molecule has 0 bridgehead atoms. The van der Waals surface area contributed by atoms with Crippen LogP contribution in [0.3, 0.4) is 0 Å². The molecule has 0 aromatic heterocycles. The number of nitrogens with one attached hydrogen (secondary N) is 1. The summed E-state index contributed by atoms with van der Waals surface area (Å²) in [6, 6.07) is 7.87. The summed E-state index contributed by atoms with van der Waals surface area (Å²) in [5.74, 6) is 0.194. The largest absolute Gasteiger partial charge is 0.457 e. The minimum Gasteiger partial charge on any atom is -0.457 e. The molecule has 4 rings (SSSR count). The van der Waals surface area contributed by atoms with Crippen LogP contribution < -0.4 is 10.1 Å². The number of carbonyl (C=O) groups is 2. The van der Waals surface area contributed by atoms with Gasteiger partial charge in [-0.2, -0.15) is 13.2 Å². The number of hydrogen-bond acceptors (Lipinski definition) is 4. The Morgan fingerprint density at radius 2 is 1.87 bits per heavy atom. The number of amides is 2. The zero-order valence-corrected chi connectivity index (χ0v) is 16.4. The van der Waals surface area contributed by atoms with Gasteiger partial charge in [0.2, 0.25) is 0 Å². The average Bonchev–Trinajstić information content (AvgIpc) is 3.00. The monoisotopic (exact) mass is 419 g/mol. The zero-order chi connectivity index (χ0) is 21.6. The summed E-state index contributed by atoms with van der Waals surface area (Å²) < 4.78 is 50.3. The van der Waals surface area contributed by atoms with Gasteiger partial charge < -0.3 is 9.47 Å². The van der Waals surface area contributed by atoms with Gasteiger partial charge in [0, 0.05) is 5.92 Å². The van der Waals surface area contributed by atoms with Gasteiger partial charge in [-0.25, -0.2) is 4.79 Å². The molecular weight excluding hydrogens is 399 g/mol. The molecule has 1 unspecified atom stereocenters. The molecule has 1 heterocycles. The Balaban J connectivity index is 1.60. The molecule has 2 amide bonds. The third-order valence-electron chi connectivity index (χ3n) is 5.61. The van der Waals surface area contributed by atoms with Crippen LogP contribution in [-0.2, 0) is 22.1 Å². The molecule has 158 valence electrons. The first-order valence-electron chi connectivity index (χ1n) is 9.64. The summed E-state index contributed by atoms with van der Waals surface area (Å²) >= 11 is 0. The Morgan fingerprint density at radius 3 is 2.53 bits per heavy atom. The van der Waals surface area contributed by atoms with Crippen molar-refractivity contribution in [1.82, 2.24) is 5.32 Å². The van der Waals surface area contributed by atoms with Gasteiger partial charge in [0.15, 0.2) is 6.10 Å². The van der Waals surface area contributed by atoms with E-state index in [-0.39, 0.29) is 11.5 Å². The van der Waals surface area contributed by atoms with Crippen molar-refractivity contribution in [2.24, 2.45) is 0 Å². The Bertz CT molecular complexity index is 1030. The van der Waals surface area contributed by atoms with Crippen molar-refractivity contribution in [3.63, 3.8) is 0 Å². The van der Waals surface area contributed by atoms with Gasteiger partial charge in [-0.15, -0.1) is 0 Å². The summed E-state index contributed by atoms with van der Waals surface area (Å²) in [6.45, 7) is 2.98. The molecule has 1 N–H and O–H groups in total. The van der Waals surface area contributed by atoms with E-state index in [1.165, 1.54) is 13.0 Å². The number of hydrogen-bond donors (Lipinski definition) is 1. The molecule has 0 spiro atoms. The topological polar surface area (TPSA) is 64.6 Å². The van der Waals surface area contributed by atoms with Crippen LogP contribution in [-0.4, -0.2) is 18.1 Å². The van der Waals surface area contributed by atoms with Crippen LogP contribution in [0, 0.1) is 13.8 Å². The predicted octanol–water partition coefficient (Wildman–Crippen LogP) is 5.17. The maximum absolute atomic E-state index is 13.1. The number of cyclic esters (lactones) is 1. The number of alkyl carbamates (subject to hydrolysis) is 1. The molecule has 2 aromatic rings. The standard InChI is InChI=1S/C22H20F3NO4/c1-11-9-18(12(2)8-17(11)22(23,24)25)29-14-6-7-15-13(10-14)4-3-5-16(15)19-20(27)26-21(28)30-19/h6-10,16,19H,3-5H2,1-2H3,(H,26,27,28)/t16-,19?/m1/s1. The fourth-order valence-electron chi connectivity index (χ4n) is 4.17. The van der Waals surface area contributed by atoms with Gasteiger partial charge in [-0.1, -0.05) is 6.07 Å². The van der Waals surface area contributed by atoms with Crippen LogP contribution >= 0.6 is 0 Å². The lowest BCUT2D eigenvalue weighted by atomic mass is 9.79. The lowest BCUT2D eigenvalue weighted by Gasteiger charge is -2.28. The lowest BCUT2D eigenvalue weighted by Crippen LogP contribution is -2.31. The smallest absolute Gasteiger partial charge is 0.416 e. The molecule has 30 heavy (non-hydrogen) atoms. The van der Waals surface area contributed by atoms with Crippen LogP contribution in [0.2, 0.25) is 0 Å². The summed E-state index contributed by atoms with van der Waals surface area (Å²) in [4.78, 5) is 23.4. The minimum absolute atomic E-state index is 0.0928. The highest BCUT2D eigenvalue weighted by Crippen LogP contribution is 2.40. The molecule has 8 heteroatoms. The van der Waals surface area contributed by atoms with Crippen LogP contribution in [0.1, 0.15) is 46.6 Å².